The van der Waals surface area contributed by atoms with E-state index in [2.05, 4.69) is 15.9 Å². The van der Waals surface area contributed by atoms with E-state index >= 15 is 0 Å². The third-order valence-corrected chi connectivity index (χ3v) is 2.70. The van der Waals surface area contributed by atoms with E-state index in [1.165, 1.54) is 12.1 Å². The monoisotopic (exact) mass is 336 g/mol. The number of hydrogen-bond acceptors (Lipinski definition) is 3. The van der Waals surface area contributed by atoms with Gasteiger partial charge in [0.15, 0.2) is 11.6 Å². The molecule has 3 nitrogen and oxygen atoms in total. The van der Waals surface area contributed by atoms with E-state index in [-0.39, 0.29) is 28.5 Å². The van der Waals surface area contributed by atoms with Crippen LogP contribution in [0.5, 0.6) is 5.75 Å². The van der Waals surface area contributed by atoms with Crippen molar-refractivity contribution in [2.45, 2.75) is 6.92 Å². The second kappa shape index (κ2) is 7.38. The molecule has 0 spiro atoms. The van der Waals surface area contributed by atoms with Crippen LogP contribution < -0.4 is 4.74 Å². The van der Waals surface area contributed by atoms with Crippen LogP contribution >= 0.6 is 27.5 Å². The van der Waals surface area contributed by atoms with Crippen LogP contribution in [0.4, 0.5) is 4.39 Å². The smallest absolute Gasteiger partial charge is 0.334 e. The Morgan fingerprint density at radius 1 is 1.56 bits per heavy atom. The van der Waals surface area contributed by atoms with Crippen LogP contribution in [0.15, 0.2) is 30.0 Å². The normalized spacial score (nSPS) is 11.2. The van der Waals surface area contributed by atoms with Gasteiger partial charge in [-0.3, -0.25) is 0 Å². The molecule has 18 heavy (non-hydrogen) atoms. The van der Waals surface area contributed by atoms with E-state index in [1.807, 2.05) is 0 Å². The maximum absolute atomic E-state index is 13.6. The minimum atomic E-state index is -0.671. The zero-order valence-corrected chi connectivity index (χ0v) is 11.9. The van der Waals surface area contributed by atoms with Crippen molar-refractivity contribution in [2.75, 3.05) is 11.9 Å². The number of ether oxygens (including phenoxy) is 2. The molecule has 0 N–H and O–H groups in total. The molecule has 0 saturated carbocycles. The summed E-state index contributed by atoms with van der Waals surface area (Å²) in [4.78, 5) is 11.2. The summed E-state index contributed by atoms with van der Waals surface area (Å²) < 4.78 is 23.5. The highest BCUT2D eigenvalue weighted by Gasteiger charge is 2.10. The molecule has 0 aliphatic rings. The number of halogens is 3. The Bertz CT molecular complexity index is 463. The lowest BCUT2D eigenvalue weighted by molar-refractivity contribution is -0.137. The van der Waals surface area contributed by atoms with Gasteiger partial charge in [0, 0.05) is 0 Å². The minimum absolute atomic E-state index is 0.0439. The zero-order valence-electron chi connectivity index (χ0n) is 9.58. The third kappa shape index (κ3) is 4.31. The molecule has 6 heteroatoms. The van der Waals surface area contributed by atoms with Crippen molar-refractivity contribution < 1.29 is 18.7 Å². The highest BCUT2D eigenvalue weighted by Crippen LogP contribution is 2.25. The van der Waals surface area contributed by atoms with Gasteiger partial charge in [-0.25, -0.2) is 9.18 Å². The molecular weight excluding hydrogens is 326 g/mol. The Hall–Kier alpha value is -1.07. The predicted octanol–water partition coefficient (Wildman–Crippen LogP) is 3.70. The van der Waals surface area contributed by atoms with Gasteiger partial charge in [0.2, 0.25) is 0 Å². The van der Waals surface area contributed by atoms with Crippen molar-refractivity contribution in [1.29, 1.82) is 0 Å². The van der Waals surface area contributed by atoms with Gasteiger partial charge in [-0.1, -0.05) is 33.6 Å². The SMILES string of the molecule is CCOC(=O)/C=C(/CBr)Oc1cccc(Cl)c1F. The highest BCUT2D eigenvalue weighted by molar-refractivity contribution is 9.09. The predicted molar refractivity (Wildman–Crippen MR) is 70.5 cm³/mol. The summed E-state index contributed by atoms with van der Waals surface area (Å²) in [6, 6.07) is 4.38. The van der Waals surface area contributed by atoms with Crippen LogP contribution in [0, 0.1) is 5.82 Å². The minimum Gasteiger partial charge on any atom is -0.463 e. The summed E-state index contributed by atoms with van der Waals surface area (Å²) in [5.41, 5.74) is 0. The van der Waals surface area contributed by atoms with Crippen LogP contribution in [-0.2, 0) is 9.53 Å². The van der Waals surface area contributed by atoms with E-state index in [4.69, 9.17) is 21.1 Å². The molecule has 1 rings (SSSR count). The molecule has 0 atom stereocenters. The lowest BCUT2D eigenvalue weighted by Gasteiger charge is -2.09. The molecule has 0 saturated heterocycles. The van der Waals surface area contributed by atoms with Crippen LogP contribution in [0.1, 0.15) is 6.92 Å². The number of carbonyl (C=O) groups is 1. The Morgan fingerprint density at radius 3 is 2.89 bits per heavy atom. The molecular formula is C12H11BrClFO3. The topological polar surface area (TPSA) is 35.5 Å². The first kappa shape index (κ1) is 15.0. The van der Waals surface area contributed by atoms with Crippen LogP contribution in [0.25, 0.3) is 0 Å². The van der Waals surface area contributed by atoms with Gasteiger partial charge >= 0.3 is 5.97 Å². The van der Waals surface area contributed by atoms with Crippen molar-refractivity contribution >= 4 is 33.5 Å². The van der Waals surface area contributed by atoms with Crippen molar-refractivity contribution in [3.63, 3.8) is 0 Å². The van der Waals surface area contributed by atoms with Gasteiger partial charge in [-0.15, -0.1) is 0 Å². The first-order chi connectivity index (χ1) is 8.58. The number of esters is 1. The molecule has 1 aromatic carbocycles. The molecule has 0 radical (unpaired) electrons. The van der Waals surface area contributed by atoms with Crippen LogP contribution in [0.3, 0.4) is 0 Å². The van der Waals surface area contributed by atoms with Gasteiger partial charge in [0.05, 0.1) is 23.0 Å². The van der Waals surface area contributed by atoms with E-state index in [0.29, 0.717) is 0 Å². The Labute approximate surface area is 118 Å². The Kier molecular flexibility index (Phi) is 6.15. The molecule has 98 valence electrons. The summed E-state index contributed by atoms with van der Waals surface area (Å²) in [7, 11) is 0. The zero-order chi connectivity index (χ0) is 13.5. The van der Waals surface area contributed by atoms with Crippen LogP contribution in [0.2, 0.25) is 5.02 Å². The fourth-order valence-electron chi connectivity index (χ4n) is 1.11. The summed E-state index contributed by atoms with van der Waals surface area (Å²) >= 11 is 8.76. The largest absolute Gasteiger partial charge is 0.463 e. The maximum Gasteiger partial charge on any atom is 0.334 e. The average molecular weight is 338 g/mol. The van der Waals surface area contributed by atoms with Gasteiger partial charge in [-0.05, 0) is 19.1 Å². The number of rotatable bonds is 5. The molecule has 0 aromatic heterocycles. The molecule has 1 aromatic rings. The standard InChI is InChI=1S/C12H11BrClFO3/c1-2-17-11(16)6-8(7-13)18-10-5-3-4-9(14)12(10)15/h3-6H,2,7H2,1H3/b8-6-. The molecule has 0 unspecified atom stereocenters. The summed E-state index contributed by atoms with van der Waals surface area (Å²) in [6.07, 6.45) is 1.15. The van der Waals surface area contributed by atoms with Crippen molar-refractivity contribution in [1.82, 2.24) is 0 Å². The van der Waals surface area contributed by atoms with Crippen LogP contribution in [-0.4, -0.2) is 17.9 Å². The number of alkyl halides is 1. The molecule has 0 aliphatic carbocycles. The second-order valence-electron chi connectivity index (χ2n) is 3.15. The quantitative estimate of drug-likeness (QED) is 0.356. The number of allylic oxidation sites excluding steroid dienone is 1. The van der Waals surface area contributed by atoms with Crippen molar-refractivity contribution in [3.05, 3.63) is 40.9 Å². The first-order valence-electron chi connectivity index (χ1n) is 5.13. The fraction of sp³-hybridized carbons (Fsp3) is 0.250. The van der Waals surface area contributed by atoms with Gasteiger partial charge in [0.25, 0.3) is 0 Å². The van der Waals surface area contributed by atoms with Gasteiger partial charge in [0.1, 0.15) is 5.76 Å². The molecule has 0 amide bonds. The lowest BCUT2D eigenvalue weighted by Crippen LogP contribution is -2.06. The summed E-state index contributed by atoms with van der Waals surface area (Å²) in [5, 5.41) is 0.204. The van der Waals surface area contributed by atoms with E-state index < -0.39 is 11.8 Å². The lowest BCUT2D eigenvalue weighted by atomic mass is 10.3. The van der Waals surface area contributed by atoms with Gasteiger partial charge < -0.3 is 9.47 Å². The maximum atomic E-state index is 13.6. The van der Waals surface area contributed by atoms with Gasteiger partial charge in [-0.2, -0.15) is 0 Å². The van der Waals surface area contributed by atoms with E-state index in [0.717, 1.165) is 6.08 Å². The number of carbonyl (C=O) groups excluding carboxylic acids is 1. The second-order valence-corrected chi connectivity index (χ2v) is 4.12. The molecule has 0 heterocycles. The Balaban J connectivity index is 2.86. The molecule has 0 fully saturated rings. The number of hydrogen-bond donors (Lipinski definition) is 0. The fourth-order valence-corrected chi connectivity index (χ4v) is 1.56. The van der Waals surface area contributed by atoms with Crippen molar-refractivity contribution in [3.8, 4) is 5.75 Å². The summed E-state index contributed by atoms with van der Waals surface area (Å²) in [5.74, 6) is -1.03. The molecule has 0 aliphatic heterocycles. The average Bonchev–Trinajstić information content (AvgIpc) is 2.34. The van der Waals surface area contributed by atoms with Crippen molar-refractivity contribution in [2.24, 2.45) is 0 Å². The van der Waals surface area contributed by atoms with E-state index in [9.17, 15) is 9.18 Å². The summed E-state index contributed by atoms with van der Waals surface area (Å²) in [6.45, 7) is 1.95. The third-order valence-electron chi connectivity index (χ3n) is 1.85. The molecule has 0 bridgehead atoms. The van der Waals surface area contributed by atoms with E-state index in [1.54, 1.807) is 13.0 Å². The Morgan fingerprint density at radius 2 is 2.28 bits per heavy atom. The number of benzene rings is 1. The highest BCUT2D eigenvalue weighted by atomic mass is 79.9. The first-order valence-corrected chi connectivity index (χ1v) is 6.63.